The van der Waals surface area contributed by atoms with Gasteiger partial charge in [-0.1, -0.05) is 387 Å². The van der Waals surface area contributed by atoms with Gasteiger partial charge in [0.05, 0.1) is 26.4 Å². The molecule has 5 atom stereocenters. The number of carbonyl (C=O) groups excluding carboxylic acids is 3. The Labute approximate surface area is 679 Å². The van der Waals surface area contributed by atoms with Crippen molar-refractivity contribution in [2.24, 2.45) is 0 Å². The summed E-state index contributed by atoms with van der Waals surface area (Å²) in [5, 5.41) is 20.7. The van der Waals surface area contributed by atoms with Crippen LogP contribution >= 0.6 is 15.6 Å². The number of ether oxygens (including phenoxy) is 3. The van der Waals surface area contributed by atoms with Crippen LogP contribution in [0.3, 0.4) is 0 Å². The van der Waals surface area contributed by atoms with Gasteiger partial charge in [-0.3, -0.25) is 32.5 Å². The number of hydrogen-bond acceptors (Lipinski definition) is 14. The zero-order valence-corrected chi connectivity index (χ0v) is 72.7. The van der Waals surface area contributed by atoms with E-state index in [-0.39, 0.29) is 19.3 Å². The largest absolute Gasteiger partial charge is 0.472 e. The van der Waals surface area contributed by atoms with Crippen molar-refractivity contribution in [1.82, 2.24) is 0 Å². The standard InChI is InChI=1S/C93H166O16P2/c1-4-7-10-13-16-19-22-25-27-29-31-33-35-37-39-40-41-42-43-44-45-46-48-50-51-53-55-57-59-62-64-67-70-73-76-79-91(96)103-82-88(94)83-105-110(99,100)106-84-89(95)85-107-111(101,102)108-87-90(109-93(98)81-78-75-72-69-66-61-24-21-18-15-12-9-6-3)86-104-92(97)80-77-74-71-68-65-63-60-58-56-54-52-49-47-38-36-34-32-30-28-26-23-20-17-14-11-8-5-2/h8,11,16-17,19-20,25-28,31-34,37-39,47,88-90,94-95H,4-7,9-10,12-15,18,21-24,29-30,35-36,40-46,48-87H2,1-3H3,(H,99,100)(H,101,102)/b11-8-,19-16-,20-17-,27-25-,28-26-,33-31-,34-32-,39-37-,47-38-. The third-order valence-corrected chi connectivity index (χ3v) is 21.4. The first-order valence-electron chi connectivity index (χ1n) is 45.2. The van der Waals surface area contributed by atoms with Crippen LogP contribution in [0, 0.1) is 0 Å². The van der Waals surface area contributed by atoms with Gasteiger partial charge in [0, 0.05) is 19.3 Å². The fourth-order valence-corrected chi connectivity index (χ4v) is 14.2. The Kier molecular flexibility index (Phi) is 82.7. The van der Waals surface area contributed by atoms with Crippen LogP contribution in [0.4, 0.5) is 0 Å². The Hall–Kier alpha value is -3.79. The smallest absolute Gasteiger partial charge is 0.463 e. The van der Waals surface area contributed by atoms with Crippen LogP contribution in [0.15, 0.2) is 109 Å². The van der Waals surface area contributed by atoms with Crippen LogP contribution in [0.5, 0.6) is 0 Å². The molecule has 0 aliphatic heterocycles. The first-order chi connectivity index (χ1) is 54.2. The number of hydrogen-bond donors (Lipinski definition) is 4. The molecule has 4 N–H and O–H groups in total. The van der Waals surface area contributed by atoms with Crippen molar-refractivity contribution in [3.05, 3.63) is 109 Å². The first-order valence-corrected chi connectivity index (χ1v) is 48.2. The highest BCUT2D eigenvalue weighted by atomic mass is 31.2. The van der Waals surface area contributed by atoms with Crippen LogP contribution in [-0.2, 0) is 55.8 Å². The average molecular weight is 1600 g/mol. The molecule has 111 heavy (non-hydrogen) atoms. The van der Waals surface area contributed by atoms with E-state index in [9.17, 15) is 43.5 Å². The number of phosphoric ester groups is 2. The minimum absolute atomic E-state index is 0.108. The lowest BCUT2D eigenvalue weighted by atomic mass is 10.0. The van der Waals surface area contributed by atoms with Crippen LogP contribution in [-0.4, -0.2) is 95.9 Å². The quantitative estimate of drug-likeness (QED) is 0.0146. The minimum Gasteiger partial charge on any atom is -0.463 e. The first kappa shape index (κ1) is 107. The Morgan fingerprint density at radius 3 is 0.775 bits per heavy atom. The van der Waals surface area contributed by atoms with E-state index in [1.54, 1.807) is 0 Å². The van der Waals surface area contributed by atoms with E-state index in [0.717, 1.165) is 128 Å². The number of aliphatic hydroxyl groups is 2. The van der Waals surface area contributed by atoms with Crippen LogP contribution in [0.25, 0.3) is 0 Å². The maximum atomic E-state index is 13.0. The molecular weight excluding hydrogens is 1430 g/mol. The monoisotopic (exact) mass is 1600 g/mol. The van der Waals surface area contributed by atoms with Gasteiger partial charge in [0.2, 0.25) is 0 Å². The molecule has 0 radical (unpaired) electrons. The van der Waals surface area contributed by atoms with Gasteiger partial charge in [0.15, 0.2) is 6.10 Å². The summed E-state index contributed by atoms with van der Waals surface area (Å²) in [7, 11) is -9.79. The number of unbranched alkanes of at least 4 members (excludes halogenated alkanes) is 45. The fourth-order valence-electron chi connectivity index (χ4n) is 12.6. The van der Waals surface area contributed by atoms with Crippen molar-refractivity contribution in [3.63, 3.8) is 0 Å². The molecule has 0 aliphatic carbocycles. The van der Waals surface area contributed by atoms with Gasteiger partial charge in [-0.15, -0.1) is 0 Å². The van der Waals surface area contributed by atoms with Crippen LogP contribution < -0.4 is 0 Å². The molecule has 5 unspecified atom stereocenters. The topological polar surface area (TPSA) is 231 Å². The number of allylic oxidation sites excluding steroid dienone is 18. The zero-order valence-electron chi connectivity index (χ0n) is 70.9. The molecule has 0 amide bonds. The van der Waals surface area contributed by atoms with Gasteiger partial charge >= 0.3 is 33.6 Å². The summed E-state index contributed by atoms with van der Waals surface area (Å²) in [4.78, 5) is 58.8. The van der Waals surface area contributed by atoms with E-state index >= 15 is 0 Å². The van der Waals surface area contributed by atoms with E-state index in [1.807, 2.05) is 0 Å². The van der Waals surface area contributed by atoms with Gasteiger partial charge in [-0.2, -0.15) is 0 Å². The summed E-state index contributed by atoms with van der Waals surface area (Å²) in [6, 6.07) is 0. The molecule has 0 aliphatic rings. The predicted molar refractivity (Wildman–Crippen MR) is 464 cm³/mol. The molecule has 0 aromatic heterocycles. The number of rotatable bonds is 86. The predicted octanol–water partition coefficient (Wildman–Crippen LogP) is 27.4. The third kappa shape index (κ3) is 86.9. The highest BCUT2D eigenvalue weighted by Gasteiger charge is 2.29. The molecular formula is C93H166O16P2. The van der Waals surface area contributed by atoms with E-state index in [1.165, 1.54) is 218 Å². The second-order valence-electron chi connectivity index (χ2n) is 30.4. The molecule has 0 rings (SSSR count). The summed E-state index contributed by atoms with van der Waals surface area (Å²) in [5.74, 6) is -1.56. The number of aliphatic hydroxyl groups excluding tert-OH is 2. The summed E-state index contributed by atoms with van der Waals surface area (Å²) in [6.07, 6.45) is 103. The molecule has 0 fully saturated rings. The maximum Gasteiger partial charge on any atom is 0.472 e. The van der Waals surface area contributed by atoms with Gasteiger partial charge in [0.1, 0.15) is 25.4 Å². The summed E-state index contributed by atoms with van der Waals surface area (Å²) >= 11 is 0. The van der Waals surface area contributed by atoms with Gasteiger partial charge in [0.25, 0.3) is 0 Å². The lowest BCUT2D eigenvalue weighted by Gasteiger charge is -2.21. The molecule has 16 nitrogen and oxygen atoms in total. The molecule has 0 aromatic rings. The summed E-state index contributed by atoms with van der Waals surface area (Å²) in [5.41, 5.74) is 0. The Morgan fingerprint density at radius 1 is 0.261 bits per heavy atom. The average Bonchev–Trinajstić information content (AvgIpc) is 0.918. The van der Waals surface area contributed by atoms with Crippen molar-refractivity contribution in [2.75, 3.05) is 39.6 Å². The van der Waals surface area contributed by atoms with Crippen molar-refractivity contribution in [1.29, 1.82) is 0 Å². The van der Waals surface area contributed by atoms with E-state index in [2.05, 4.69) is 130 Å². The van der Waals surface area contributed by atoms with E-state index < -0.39 is 91.5 Å². The molecule has 0 aromatic carbocycles. The third-order valence-electron chi connectivity index (χ3n) is 19.5. The molecule has 0 heterocycles. The van der Waals surface area contributed by atoms with Crippen molar-refractivity contribution < 1.29 is 75.8 Å². The van der Waals surface area contributed by atoms with E-state index in [0.29, 0.717) is 19.3 Å². The van der Waals surface area contributed by atoms with Crippen LogP contribution in [0.2, 0.25) is 0 Å². The highest BCUT2D eigenvalue weighted by Crippen LogP contribution is 2.45. The van der Waals surface area contributed by atoms with Crippen LogP contribution in [0.1, 0.15) is 406 Å². The second kappa shape index (κ2) is 85.6. The Morgan fingerprint density at radius 2 is 0.477 bits per heavy atom. The van der Waals surface area contributed by atoms with Crippen molar-refractivity contribution in [3.8, 4) is 0 Å². The van der Waals surface area contributed by atoms with Crippen molar-refractivity contribution >= 4 is 33.6 Å². The second-order valence-corrected chi connectivity index (χ2v) is 33.3. The molecule has 0 saturated heterocycles. The molecule has 18 heteroatoms. The Balaban J connectivity index is 4.37. The number of esters is 3. The maximum absolute atomic E-state index is 13.0. The van der Waals surface area contributed by atoms with E-state index in [4.69, 9.17) is 32.3 Å². The highest BCUT2D eigenvalue weighted by molar-refractivity contribution is 7.47. The van der Waals surface area contributed by atoms with Crippen molar-refractivity contribution in [2.45, 2.75) is 424 Å². The van der Waals surface area contributed by atoms with Gasteiger partial charge in [-0.05, 0) is 109 Å². The molecule has 0 saturated carbocycles. The van der Waals surface area contributed by atoms with Gasteiger partial charge < -0.3 is 34.2 Å². The zero-order chi connectivity index (χ0) is 80.8. The fraction of sp³-hybridized carbons (Fsp3) is 0.774. The molecule has 0 bridgehead atoms. The summed E-state index contributed by atoms with van der Waals surface area (Å²) in [6.45, 7) is 2.60. The molecule has 0 spiro atoms. The summed E-state index contributed by atoms with van der Waals surface area (Å²) < 4.78 is 61.3. The normalized spacial score (nSPS) is 14.3. The SMILES string of the molecule is CC/C=C\C/C=C\C/C=C\C/C=C\C/C=C\CCCCCCCCCCCCCC(=O)OCC(COP(=O)(O)OCC(O)COP(=O)(O)OCC(O)COC(=O)CCCCCCCCCCCCCCCCCCCCC/C=C\C/C=C\C/C=C\C/C=C\CCCCC)OC(=O)CCCCCCCCCCCCCCC. The lowest BCUT2D eigenvalue weighted by Crippen LogP contribution is -2.30. The lowest BCUT2D eigenvalue weighted by molar-refractivity contribution is -0.161. The molecule has 644 valence electrons. The Bertz CT molecular complexity index is 2450. The number of phosphoric acid groups is 2. The van der Waals surface area contributed by atoms with Gasteiger partial charge in [-0.25, -0.2) is 9.13 Å². The minimum atomic E-state index is -4.93. The number of carbonyl (C=O) groups is 3.